The number of halogens is 1. The Kier molecular flexibility index (Phi) is 3.09. The summed E-state index contributed by atoms with van der Waals surface area (Å²) >= 11 is 8.97. The number of aryl methyl sites for hydroxylation is 1. The van der Waals surface area contributed by atoms with Crippen molar-refractivity contribution in [3.8, 4) is 0 Å². The van der Waals surface area contributed by atoms with E-state index in [1.165, 1.54) is 11.3 Å². The quantitative estimate of drug-likeness (QED) is 0.885. The van der Waals surface area contributed by atoms with Gasteiger partial charge in [-0.2, -0.15) is 0 Å². The number of aromatic nitrogens is 1. The molecule has 0 bridgehead atoms. The van der Waals surface area contributed by atoms with Crippen LogP contribution in [0.4, 0.5) is 5.13 Å². The first kappa shape index (κ1) is 10.7. The van der Waals surface area contributed by atoms with Crippen molar-refractivity contribution < 1.29 is 0 Å². The number of thiophene rings is 1. The first-order valence-electron chi connectivity index (χ1n) is 4.30. The molecule has 2 aromatic rings. The van der Waals surface area contributed by atoms with Crippen molar-refractivity contribution >= 4 is 51.6 Å². The van der Waals surface area contributed by atoms with E-state index in [1.807, 2.05) is 24.5 Å². The number of anilines is 1. The topological polar surface area (TPSA) is 38.9 Å². The minimum absolute atomic E-state index is 0.593. The predicted molar refractivity (Wildman–Crippen MR) is 69.5 cm³/mol. The molecule has 5 heteroatoms. The molecule has 2 nitrogen and oxygen atoms in total. The Labute approximate surface area is 101 Å². The van der Waals surface area contributed by atoms with Gasteiger partial charge in [0.2, 0.25) is 0 Å². The maximum Gasteiger partial charge on any atom is 0.180 e. The van der Waals surface area contributed by atoms with Gasteiger partial charge in [-0.1, -0.05) is 11.6 Å². The van der Waals surface area contributed by atoms with E-state index in [2.05, 4.69) is 11.1 Å². The number of nitrogens with zero attached hydrogens (tertiary/aromatic N) is 1. The summed E-state index contributed by atoms with van der Waals surface area (Å²) in [5, 5.41) is 2.52. The number of rotatable bonds is 2. The minimum Gasteiger partial charge on any atom is -0.375 e. The summed E-state index contributed by atoms with van der Waals surface area (Å²) in [5.41, 5.74) is 7.53. The number of nitrogens with two attached hydrogens (primary N) is 1. The first-order valence-corrected chi connectivity index (χ1v) is 6.37. The van der Waals surface area contributed by atoms with Gasteiger partial charge in [0.05, 0.1) is 10.0 Å². The molecule has 0 spiro atoms. The van der Waals surface area contributed by atoms with Crippen molar-refractivity contribution in [2.45, 2.75) is 6.92 Å². The van der Waals surface area contributed by atoms with Crippen LogP contribution in [0.3, 0.4) is 0 Å². The van der Waals surface area contributed by atoms with Crippen LogP contribution in [0.5, 0.6) is 0 Å². The third-order valence-corrected chi connectivity index (χ3v) is 4.05. The van der Waals surface area contributed by atoms with Crippen LogP contribution < -0.4 is 5.73 Å². The molecule has 2 rings (SSSR count). The predicted octanol–water partition coefficient (Wildman–Crippen LogP) is 3.92. The molecule has 0 aliphatic heterocycles. The monoisotopic (exact) mass is 256 g/mol. The second-order valence-corrected chi connectivity index (χ2v) is 5.62. The molecule has 0 saturated carbocycles. The van der Waals surface area contributed by atoms with Gasteiger partial charge in [-0.25, -0.2) is 4.98 Å². The van der Waals surface area contributed by atoms with E-state index in [4.69, 9.17) is 17.3 Å². The highest BCUT2D eigenvalue weighted by molar-refractivity contribution is 7.17. The molecule has 0 aliphatic carbocycles. The first-order chi connectivity index (χ1) is 7.15. The molecule has 2 N–H and O–H groups in total. The van der Waals surface area contributed by atoms with Gasteiger partial charge < -0.3 is 5.73 Å². The van der Waals surface area contributed by atoms with Gasteiger partial charge in [0.15, 0.2) is 5.13 Å². The van der Waals surface area contributed by atoms with Crippen molar-refractivity contribution in [3.05, 3.63) is 31.9 Å². The van der Waals surface area contributed by atoms with Gasteiger partial charge in [-0.3, -0.25) is 0 Å². The lowest BCUT2D eigenvalue weighted by Gasteiger charge is -1.82. The number of nitrogen functional groups attached to an aromatic ring is 1. The number of thiazole rings is 1. The van der Waals surface area contributed by atoms with Crippen LogP contribution in [-0.2, 0) is 0 Å². The molecule has 2 aromatic heterocycles. The van der Waals surface area contributed by atoms with Crippen LogP contribution in [0, 0.1) is 6.92 Å². The van der Waals surface area contributed by atoms with E-state index >= 15 is 0 Å². The van der Waals surface area contributed by atoms with E-state index in [0.29, 0.717) is 5.13 Å². The minimum atomic E-state index is 0.593. The van der Waals surface area contributed by atoms with E-state index < -0.39 is 0 Å². The highest BCUT2D eigenvalue weighted by Crippen LogP contribution is 2.28. The fourth-order valence-corrected chi connectivity index (χ4v) is 2.76. The SMILES string of the molecule is Cc1cc(/C=C/c2csc(N)n2)sc1Cl. The highest BCUT2D eigenvalue weighted by Gasteiger charge is 2.00. The number of hydrogen-bond donors (Lipinski definition) is 1. The summed E-state index contributed by atoms with van der Waals surface area (Å²) in [7, 11) is 0. The summed E-state index contributed by atoms with van der Waals surface area (Å²) in [6, 6.07) is 2.05. The molecular formula is C10H9ClN2S2. The fourth-order valence-electron chi connectivity index (χ4n) is 1.11. The lowest BCUT2D eigenvalue weighted by atomic mass is 10.3. The van der Waals surface area contributed by atoms with Crippen LogP contribution in [0.25, 0.3) is 12.2 Å². The lowest BCUT2D eigenvalue weighted by molar-refractivity contribution is 1.39. The van der Waals surface area contributed by atoms with Crippen LogP contribution >= 0.6 is 34.3 Å². The third kappa shape index (κ3) is 2.59. The molecular weight excluding hydrogens is 248 g/mol. The smallest absolute Gasteiger partial charge is 0.180 e. The van der Waals surface area contributed by atoms with Crippen LogP contribution in [0.2, 0.25) is 4.34 Å². The molecule has 0 amide bonds. The zero-order chi connectivity index (χ0) is 10.8. The Hall–Kier alpha value is -0.840. The summed E-state index contributed by atoms with van der Waals surface area (Å²) in [6.45, 7) is 2.00. The molecule has 0 radical (unpaired) electrons. The van der Waals surface area contributed by atoms with Gasteiger partial charge in [0.25, 0.3) is 0 Å². The zero-order valence-corrected chi connectivity index (χ0v) is 10.4. The van der Waals surface area contributed by atoms with E-state index in [-0.39, 0.29) is 0 Å². The van der Waals surface area contributed by atoms with Crippen molar-refractivity contribution in [2.24, 2.45) is 0 Å². The van der Waals surface area contributed by atoms with Crippen LogP contribution in [0.1, 0.15) is 16.1 Å². The van der Waals surface area contributed by atoms with Gasteiger partial charge in [-0.15, -0.1) is 22.7 Å². The number of hydrogen-bond acceptors (Lipinski definition) is 4. The summed E-state index contributed by atoms with van der Waals surface area (Å²) in [4.78, 5) is 5.26. The molecule has 0 unspecified atom stereocenters. The molecule has 0 saturated heterocycles. The standard InChI is InChI=1S/C10H9ClN2S2/c1-6-4-8(15-9(6)11)3-2-7-5-14-10(12)13-7/h2-5H,1H3,(H2,12,13)/b3-2+. The van der Waals surface area contributed by atoms with Crippen molar-refractivity contribution in [2.75, 3.05) is 5.73 Å². The molecule has 2 heterocycles. The van der Waals surface area contributed by atoms with E-state index in [0.717, 1.165) is 20.5 Å². The molecule has 78 valence electrons. The zero-order valence-electron chi connectivity index (χ0n) is 8.03. The molecule has 0 aliphatic rings. The normalized spacial score (nSPS) is 11.3. The second-order valence-electron chi connectivity index (χ2n) is 3.05. The fraction of sp³-hybridized carbons (Fsp3) is 0.100. The van der Waals surface area contributed by atoms with Gasteiger partial charge in [0.1, 0.15) is 0 Å². The van der Waals surface area contributed by atoms with E-state index in [9.17, 15) is 0 Å². The van der Waals surface area contributed by atoms with Crippen molar-refractivity contribution in [1.29, 1.82) is 0 Å². The van der Waals surface area contributed by atoms with E-state index in [1.54, 1.807) is 11.3 Å². The average Bonchev–Trinajstić information content (AvgIpc) is 2.72. The average molecular weight is 257 g/mol. The van der Waals surface area contributed by atoms with Gasteiger partial charge in [-0.05, 0) is 30.7 Å². The lowest BCUT2D eigenvalue weighted by Crippen LogP contribution is -1.80. The maximum atomic E-state index is 5.97. The van der Waals surface area contributed by atoms with Crippen LogP contribution in [0.15, 0.2) is 11.4 Å². The maximum absolute atomic E-state index is 5.97. The molecule has 0 atom stereocenters. The third-order valence-electron chi connectivity index (χ3n) is 1.83. The Morgan fingerprint density at radius 1 is 1.47 bits per heavy atom. The van der Waals surface area contributed by atoms with Crippen molar-refractivity contribution in [1.82, 2.24) is 4.98 Å². The summed E-state index contributed by atoms with van der Waals surface area (Å²) in [6.07, 6.45) is 3.94. The second kappa shape index (κ2) is 4.35. The van der Waals surface area contributed by atoms with Gasteiger partial charge >= 0.3 is 0 Å². The molecule has 0 fully saturated rings. The Bertz CT molecular complexity index is 480. The van der Waals surface area contributed by atoms with Crippen molar-refractivity contribution in [3.63, 3.8) is 0 Å². The summed E-state index contributed by atoms with van der Waals surface area (Å²) in [5.74, 6) is 0. The Morgan fingerprint density at radius 3 is 2.80 bits per heavy atom. The highest BCUT2D eigenvalue weighted by atomic mass is 35.5. The summed E-state index contributed by atoms with van der Waals surface area (Å²) < 4.78 is 0.840. The largest absolute Gasteiger partial charge is 0.375 e. The Balaban J connectivity index is 2.18. The van der Waals surface area contributed by atoms with Gasteiger partial charge in [0, 0.05) is 10.3 Å². The Morgan fingerprint density at radius 2 is 2.27 bits per heavy atom. The molecule has 0 aromatic carbocycles. The van der Waals surface area contributed by atoms with Crippen LogP contribution in [-0.4, -0.2) is 4.98 Å². The molecule has 15 heavy (non-hydrogen) atoms.